The van der Waals surface area contributed by atoms with Crippen LogP contribution in [-0.4, -0.2) is 32.8 Å². The number of fused-ring (bicyclic) bond motifs is 1. The van der Waals surface area contributed by atoms with Crippen LogP contribution in [0.5, 0.6) is 0 Å². The van der Waals surface area contributed by atoms with E-state index in [1.54, 1.807) is 29.7 Å². The maximum absolute atomic E-state index is 13.1. The first kappa shape index (κ1) is 17.0. The highest BCUT2D eigenvalue weighted by Gasteiger charge is 2.29. The van der Waals surface area contributed by atoms with E-state index in [0.717, 1.165) is 32.1 Å². The van der Waals surface area contributed by atoms with Gasteiger partial charge in [0.1, 0.15) is 11.2 Å². The minimum Gasteiger partial charge on any atom is -0.335 e. The molecule has 26 heavy (non-hydrogen) atoms. The van der Waals surface area contributed by atoms with Gasteiger partial charge in [0, 0.05) is 29.9 Å². The van der Waals surface area contributed by atoms with Crippen LogP contribution >= 0.6 is 11.3 Å². The smallest absolute Gasteiger partial charge is 0.270 e. The standard InChI is InChI=1S/C20H21N3O2S/c24-19(17-14-21-18-8-2-4-12-23(18)20(17)25)22-11-3-1-6-15(22)9-10-16-7-5-13-26-16/h2,4-5,7-8,12-15H,1,3,6,9-11H2/t15-/m1/s1. The lowest BCUT2D eigenvalue weighted by molar-refractivity contribution is 0.0599. The summed E-state index contributed by atoms with van der Waals surface area (Å²) in [6.07, 6.45) is 8.13. The fraction of sp³-hybridized carbons (Fsp3) is 0.350. The molecule has 1 aliphatic rings. The van der Waals surface area contributed by atoms with Crippen molar-refractivity contribution >= 4 is 22.9 Å². The number of pyridine rings is 1. The minimum atomic E-state index is -0.289. The van der Waals surface area contributed by atoms with Crippen LogP contribution in [0.15, 0.2) is 52.9 Å². The molecule has 3 aromatic rings. The molecule has 0 radical (unpaired) electrons. The van der Waals surface area contributed by atoms with E-state index >= 15 is 0 Å². The van der Waals surface area contributed by atoms with Crippen molar-refractivity contribution in [2.24, 2.45) is 0 Å². The molecule has 134 valence electrons. The molecule has 3 aromatic heterocycles. The number of amides is 1. The zero-order valence-electron chi connectivity index (χ0n) is 14.5. The second-order valence-electron chi connectivity index (χ2n) is 6.67. The van der Waals surface area contributed by atoms with E-state index < -0.39 is 0 Å². The van der Waals surface area contributed by atoms with Gasteiger partial charge in [-0.2, -0.15) is 0 Å². The Balaban J connectivity index is 1.59. The predicted octanol–water partition coefficient (Wildman–Crippen LogP) is 3.38. The maximum atomic E-state index is 13.1. The lowest BCUT2D eigenvalue weighted by Gasteiger charge is -2.35. The molecule has 5 nitrogen and oxygen atoms in total. The van der Waals surface area contributed by atoms with E-state index in [4.69, 9.17) is 0 Å². The van der Waals surface area contributed by atoms with Crippen molar-refractivity contribution in [3.63, 3.8) is 0 Å². The molecule has 0 unspecified atom stereocenters. The molecular formula is C20H21N3O2S. The molecule has 4 heterocycles. The fourth-order valence-electron chi connectivity index (χ4n) is 3.66. The molecular weight excluding hydrogens is 346 g/mol. The monoisotopic (exact) mass is 367 g/mol. The third-order valence-corrected chi connectivity index (χ3v) is 5.97. The summed E-state index contributed by atoms with van der Waals surface area (Å²) in [7, 11) is 0. The number of aryl methyl sites for hydroxylation is 1. The van der Waals surface area contributed by atoms with Crippen LogP contribution in [0.25, 0.3) is 5.65 Å². The number of hydrogen-bond donors (Lipinski definition) is 0. The molecule has 1 atom stereocenters. The Bertz CT molecular complexity index is 965. The molecule has 0 aromatic carbocycles. The molecule has 0 saturated carbocycles. The number of rotatable bonds is 4. The Morgan fingerprint density at radius 3 is 3.00 bits per heavy atom. The van der Waals surface area contributed by atoms with Gasteiger partial charge in [0.15, 0.2) is 0 Å². The van der Waals surface area contributed by atoms with Gasteiger partial charge in [-0.1, -0.05) is 12.1 Å². The van der Waals surface area contributed by atoms with E-state index in [1.165, 1.54) is 15.5 Å². The van der Waals surface area contributed by atoms with Crippen molar-refractivity contribution in [2.75, 3.05) is 6.54 Å². The van der Waals surface area contributed by atoms with E-state index in [9.17, 15) is 9.59 Å². The van der Waals surface area contributed by atoms with Crippen LogP contribution < -0.4 is 5.56 Å². The van der Waals surface area contributed by atoms with Gasteiger partial charge in [0.05, 0.1) is 0 Å². The minimum absolute atomic E-state index is 0.164. The lowest BCUT2D eigenvalue weighted by atomic mass is 9.97. The normalized spacial score (nSPS) is 17.5. The van der Waals surface area contributed by atoms with Crippen molar-refractivity contribution < 1.29 is 4.79 Å². The zero-order valence-corrected chi connectivity index (χ0v) is 15.3. The average Bonchev–Trinajstić information content (AvgIpc) is 3.20. The van der Waals surface area contributed by atoms with E-state index in [0.29, 0.717) is 12.2 Å². The Morgan fingerprint density at radius 2 is 2.15 bits per heavy atom. The first-order valence-corrected chi connectivity index (χ1v) is 9.92. The van der Waals surface area contributed by atoms with Gasteiger partial charge in [-0.05, 0) is 55.7 Å². The van der Waals surface area contributed by atoms with Gasteiger partial charge in [0.25, 0.3) is 11.5 Å². The molecule has 1 amide bonds. The van der Waals surface area contributed by atoms with Crippen molar-refractivity contribution in [3.8, 4) is 0 Å². The summed E-state index contributed by atoms with van der Waals surface area (Å²) in [6, 6.07) is 9.75. The van der Waals surface area contributed by atoms with Gasteiger partial charge in [-0.25, -0.2) is 4.98 Å². The van der Waals surface area contributed by atoms with Gasteiger partial charge in [-0.15, -0.1) is 11.3 Å². The van der Waals surface area contributed by atoms with Gasteiger partial charge in [0.2, 0.25) is 0 Å². The third kappa shape index (κ3) is 3.29. The average molecular weight is 367 g/mol. The predicted molar refractivity (Wildman–Crippen MR) is 103 cm³/mol. The zero-order chi connectivity index (χ0) is 17.9. The highest BCUT2D eigenvalue weighted by atomic mass is 32.1. The number of nitrogens with zero attached hydrogens (tertiary/aromatic N) is 3. The van der Waals surface area contributed by atoms with Crippen molar-refractivity contribution in [2.45, 2.75) is 38.1 Å². The molecule has 0 N–H and O–H groups in total. The summed E-state index contributed by atoms with van der Waals surface area (Å²) in [6.45, 7) is 0.713. The van der Waals surface area contributed by atoms with E-state index in [2.05, 4.69) is 22.5 Å². The van der Waals surface area contributed by atoms with Gasteiger partial charge in [-0.3, -0.25) is 14.0 Å². The summed E-state index contributed by atoms with van der Waals surface area (Å²) in [5.74, 6) is -0.184. The SMILES string of the molecule is O=C(c1cnc2ccccn2c1=O)N1CCCC[C@@H]1CCc1cccs1. The Labute approximate surface area is 155 Å². The first-order chi connectivity index (χ1) is 12.7. The quantitative estimate of drug-likeness (QED) is 0.710. The summed E-state index contributed by atoms with van der Waals surface area (Å²) >= 11 is 1.75. The number of thiophene rings is 1. The molecule has 1 aliphatic heterocycles. The molecule has 0 bridgehead atoms. The summed E-state index contributed by atoms with van der Waals surface area (Å²) in [5, 5.41) is 2.08. The number of piperidine rings is 1. The third-order valence-electron chi connectivity index (χ3n) is 5.04. The van der Waals surface area contributed by atoms with Crippen molar-refractivity contribution in [3.05, 3.63) is 68.9 Å². The molecule has 1 saturated heterocycles. The second kappa shape index (κ2) is 7.41. The van der Waals surface area contributed by atoms with Gasteiger partial charge < -0.3 is 4.90 Å². The highest BCUT2D eigenvalue weighted by Crippen LogP contribution is 2.24. The molecule has 0 aliphatic carbocycles. The van der Waals surface area contributed by atoms with E-state index in [1.807, 2.05) is 11.0 Å². The van der Waals surface area contributed by atoms with E-state index in [-0.39, 0.29) is 23.1 Å². The van der Waals surface area contributed by atoms with Crippen LogP contribution in [0.2, 0.25) is 0 Å². The Hall–Kier alpha value is -2.47. The number of hydrogen-bond acceptors (Lipinski definition) is 4. The maximum Gasteiger partial charge on any atom is 0.270 e. The number of likely N-dealkylation sites (tertiary alicyclic amines) is 1. The van der Waals surface area contributed by atoms with Crippen LogP contribution in [0.4, 0.5) is 0 Å². The molecule has 4 rings (SSSR count). The highest BCUT2D eigenvalue weighted by molar-refractivity contribution is 7.09. The number of carbonyl (C=O) groups is 1. The second-order valence-corrected chi connectivity index (χ2v) is 7.70. The van der Waals surface area contributed by atoms with Crippen molar-refractivity contribution in [1.29, 1.82) is 0 Å². The van der Waals surface area contributed by atoms with Crippen LogP contribution in [0, 0.1) is 0 Å². The largest absolute Gasteiger partial charge is 0.335 e. The summed E-state index contributed by atoms with van der Waals surface area (Å²) in [4.78, 5) is 33.4. The lowest BCUT2D eigenvalue weighted by Crippen LogP contribution is -2.45. The Kier molecular flexibility index (Phi) is 4.84. The number of carbonyl (C=O) groups excluding carboxylic acids is 1. The fourth-order valence-corrected chi connectivity index (χ4v) is 4.38. The summed E-state index contributed by atoms with van der Waals surface area (Å²) < 4.78 is 1.44. The molecule has 6 heteroatoms. The topological polar surface area (TPSA) is 54.7 Å². The van der Waals surface area contributed by atoms with Crippen LogP contribution in [0.1, 0.15) is 40.9 Å². The number of aromatic nitrogens is 2. The Morgan fingerprint density at radius 1 is 1.23 bits per heavy atom. The molecule has 0 spiro atoms. The van der Waals surface area contributed by atoms with Crippen molar-refractivity contribution in [1.82, 2.24) is 14.3 Å². The van der Waals surface area contributed by atoms with Crippen LogP contribution in [-0.2, 0) is 6.42 Å². The molecule has 1 fully saturated rings. The first-order valence-electron chi connectivity index (χ1n) is 9.04. The summed E-state index contributed by atoms with van der Waals surface area (Å²) in [5.41, 5.74) is 0.432. The van der Waals surface area contributed by atoms with Gasteiger partial charge >= 0.3 is 0 Å². The van der Waals surface area contributed by atoms with Crippen LogP contribution in [0.3, 0.4) is 0 Å².